The van der Waals surface area contributed by atoms with E-state index in [9.17, 15) is 4.79 Å². The van der Waals surface area contributed by atoms with Crippen LogP contribution in [0.3, 0.4) is 0 Å². The lowest BCUT2D eigenvalue weighted by atomic mass is 9.96. The molecule has 0 radical (unpaired) electrons. The summed E-state index contributed by atoms with van der Waals surface area (Å²) in [5.74, 6) is 2.17. The van der Waals surface area contributed by atoms with Crippen molar-refractivity contribution in [3.8, 4) is 17.1 Å². The van der Waals surface area contributed by atoms with Gasteiger partial charge in [0.1, 0.15) is 5.75 Å². The van der Waals surface area contributed by atoms with Gasteiger partial charge in [-0.05, 0) is 87.3 Å². The number of ether oxygens (including phenoxy) is 1. The maximum absolute atomic E-state index is 12.9. The van der Waals surface area contributed by atoms with Crippen molar-refractivity contribution < 1.29 is 14.1 Å². The van der Waals surface area contributed by atoms with Gasteiger partial charge in [0.05, 0.1) is 13.7 Å². The molecule has 2 aromatic carbocycles. The molecule has 5 rings (SSSR count). The fourth-order valence-electron chi connectivity index (χ4n) is 5.44. The van der Waals surface area contributed by atoms with Crippen LogP contribution in [0.15, 0.2) is 53.1 Å². The molecule has 0 aliphatic carbocycles. The first-order valence-corrected chi connectivity index (χ1v) is 13.9. The Kier molecular flexibility index (Phi) is 9.04. The summed E-state index contributed by atoms with van der Waals surface area (Å²) in [4.78, 5) is 22.3. The quantitative estimate of drug-likeness (QED) is 0.442. The molecule has 0 saturated carbocycles. The Morgan fingerprint density at radius 3 is 2.39 bits per heavy atom. The lowest BCUT2D eigenvalue weighted by molar-refractivity contribution is -0.126. The van der Waals surface area contributed by atoms with Crippen molar-refractivity contribution in [1.29, 1.82) is 0 Å². The van der Waals surface area contributed by atoms with Crippen molar-refractivity contribution in [2.75, 3.05) is 33.3 Å². The molecule has 1 amide bonds. The highest BCUT2D eigenvalue weighted by Crippen LogP contribution is 2.22. The van der Waals surface area contributed by atoms with Gasteiger partial charge in [-0.15, -0.1) is 0 Å². The van der Waals surface area contributed by atoms with Crippen molar-refractivity contribution in [2.45, 2.75) is 58.2 Å². The van der Waals surface area contributed by atoms with Crippen molar-refractivity contribution in [3.63, 3.8) is 0 Å². The van der Waals surface area contributed by atoms with Crippen molar-refractivity contribution in [3.05, 3.63) is 65.5 Å². The zero-order valence-corrected chi connectivity index (χ0v) is 22.4. The van der Waals surface area contributed by atoms with Crippen molar-refractivity contribution in [1.82, 2.24) is 25.3 Å². The van der Waals surface area contributed by atoms with E-state index in [0.29, 0.717) is 24.8 Å². The average Bonchev–Trinajstić information content (AvgIpc) is 3.27. The number of hydrogen-bond acceptors (Lipinski definition) is 7. The molecule has 3 aromatic rings. The Morgan fingerprint density at radius 2 is 1.66 bits per heavy atom. The predicted octanol–water partition coefficient (Wildman–Crippen LogP) is 4.65. The lowest BCUT2D eigenvalue weighted by Crippen LogP contribution is -2.40. The molecule has 2 aliphatic rings. The molecular weight excluding hydrogens is 478 g/mol. The van der Waals surface area contributed by atoms with Crippen LogP contribution in [0.2, 0.25) is 0 Å². The highest BCUT2D eigenvalue weighted by molar-refractivity contribution is 5.78. The number of nitrogens with zero attached hydrogens (tertiary/aromatic N) is 4. The van der Waals surface area contributed by atoms with Crippen LogP contribution in [0, 0.1) is 5.92 Å². The zero-order chi connectivity index (χ0) is 26.2. The van der Waals surface area contributed by atoms with Gasteiger partial charge in [0.15, 0.2) is 0 Å². The topological polar surface area (TPSA) is 83.7 Å². The smallest absolute Gasteiger partial charge is 0.241 e. The van der Waals surface area contributed by atoms with Gasteiger partial charge in [-0.1, -0.05) is 42.3 Å². The van der Waals surface area contributed by atoms with Crippen LogP contribution >= 0.6 is 0 Å². The summed E-state index contributed by atoms with van der Waals surface area (Å²) in [5.41, 5.74) is 3.40. The van der Waals surface area contributed by atoms with E-state index in [-0.39, 0.29) is 11.8 Å². The van der Waals surface area contributed by atoms with E-state index in [4.69, 9.17) is 9.26 Å². The Morgan fingerprint density at radius 1 is 0.947 bits per heavy atom. The second-order valence-electron chi connectivity index (χ2n) is 10.5. The van der Waals surface area contributed by atoms with E-state index in [0.717, 1.165) is 43.8 Å². The first kappa shape index (κ1) is 26.4. The summed E-state index contributed by atoms with van der Waals surface area (Å²) in [5, 5.41) is 7.31. The molecule has 0 unspecified atom stereocenters. The molecule has 1 aromatic heterocycles. The van der Waals surface area contributed by atoms with E-state index < -0.39 is 0 Å². The van der Waals surface area contributed by atoms with Gasteiger partial charge in [-0.25, -0.2) is 0 Å². The van der Waals surface area contributed by atoms with Crippen LogP contribution in [0.25, 0.3) is 11.4 Å². The molecule has 2 fully saturated rings. The van der Waals surface area contributed by atoms with Gasteiger partial charge < -0.3 is 14.6 Å². The maximum Gasteiger partial charge on any atom is 0.241 e. The fourth-order valence-corrected chi connectivity index (χ4v) is 5.44. The van der Waals surface area contributed by atoms with Crippen LogP contribution in [0.1, 0.15) is 55.5 Å². The van der Waals surface area contributed by atoms with Crippen molar-refractivity contribution in [2.24, 2.45) is 5.92 Å². The molecule has 1 N–H and O–H groups in total. The van der Waals surface area contributed by atoms with Gasteiger partial charge in [-0.2, -0.15) is 4.98 Å². The maximum atomic E-state index is 12.9. The second kappa shape index (κ2) is 13.0. The summed E-state index contributed by atoms with van der Waals surface area (Å²) in [7, 11) is 1.64. The molecule has 38 heavy (non-hydrogen) atoms. The molecule has 8 heteroatoms. The monoisotopic (exact) mass is 517 g/mol. The van der Waals surface area contributed by atoms with Crippen LogP contribution in [0.4, 0.5) is 0 Å². The van der Waals surface area contributed by atoms with Crippen LogP contribution in [-0.2, 0) is 24.4 Å². The number of nitrogens with one attached hydrogen (secondary N) is 1. The summed E-state index contributed by atoms with van der Waals surface area (Å²) in [6.45, 7) is 6.24. The first-order chi connectivity index (χ1) is 18.7. The second-order valence-corrected chi connectivity index (χ2v) is 10.5. The largest absolute Gasteiger partial charge is 0.497 e. The van der Waals surface area contributed by atoms with Crippen LogP contribution in [-0.4, -0.2) is 59.1 Å². The highest BCUT2D eigenvalue weighted by atomic mass is 16.5. The number of hydrogen-bond donors (Lipinski definition) is 1. The number of aromatic nitrogens is 2. The number of carbonyl (C=O) groups excluding carboxylic acids is 1. The number of carbonyl (C=O) groups is 1. The van der Waals surface area contributed by atoms with E-state index in [1.165, 1.54) is 49.9 Å². The average molecular weight is 518 g/mol. The normalized spacial score (nSPS) is 17.7. The van der Waals surface area contributed by atoms with Crippen molar-refractivity contribution >= 4 is 5.91 Å². The summed E-state index contributed by atoms with van der Waals surface area (Å²) in [6, 6.07) is 16.3. The molecule has 2 aliphatic heterocycles. The molecule has 3 heterocycles. The van der Waals surface area contributed by atoms with Gasteiger partial charge in [0.2, 0.25) is 17.6 Å². The summed E-state index contributed by atoms with van der Waals surface area (Å²) < 4.78 is 10.7. The minimum atomic E-state index is 0.0454. The molecule has 202 valence electrons. The third kappa shape index (κ3) is 7.20. The number of benzene rings is 2. The standard InChI is InChI=1S/C30H39N5O3/c1-37-27-11-9-25(10-12-27)29-32-28(38-33-29)22-35-17-13-26(14-18-35)30(36)31-20-23-7-6-8-24(19-23)21-34-15-4-2-3-5-16-34/h6-12,19,26H,2-5,13-18,20-22H2,1H3,(H,31,36). The summed E-state index contributed by atoms with van der Waals surface area (Å²) >= 11 is 0. The Labute approximate surface area is 225 Å². The Bertz CT molecular complexity index is 1160. The van der Waals surface area contributed by atoms with Crippen LogP contribution < -0.4 is 10.1 Å². The molecule has 0 spiro atoms. The number of piperidine rings is 1. The SMILES string of the molecule is COc1ccc(-c2noc(CN3CCC(C(=O)NCc4cccc(CN5CCCCCC5)c4)CC3)n2)cc1. The lowest BCUT2D eigenvalue weighted by Gasteiger charge is -2.30. The molecule has 0 atom stereocenters. The third-order valence-electron chi connectivity index (χ3n) is 7.70. The number of methoxy groups -OCH3 is 1. The van der Waals surface area contributed by atoms with Crippen LogP contribution in [0.5, 0.6) is 5.75 Å². The van der Waals surface area contributed by atoms with Gasteiger partial charge in [0.25, 0.3) is 0 Å². The number of likely N-dealkylation sites (tertiary alicyclic amines) is 2. The van der Waals surface area contributed by atoms with E-state index in [1.807, 2.05) is 24.3 Å². The zero-order valence-electron chi connectivity index (χ0n) is 22.4. The van der Waals surface area contributed by atoms with E-state index in [1.54, 1.807) is 7.11 Å². The van der Waals surface area contributed by atoms with Gasteiger partial charge in [-0.3, -0.25) is 14.6 Å². The molecule has 8 nitrogen and oxygen atoms in total. The van der Waals surface area contributed by atoms with Gasteiger partial charge >= 0.3 is 0 Å². The predicted molar refractivity (Wildman–Crippen MR) is 146 cm³/mol. The Hall–Kier alpha value is -3.23. The fraction of sp³-hybridized carbons (Fsp3) is 0.500. The first-order valence-electron chi connectivity index (χ1n) is 13.9. The molecule has 2 saturated heterocycles. The minimum Gasteiger partial charge on any atom is -0.497 e. The van der Waals surface area contributed by atoms with E-state index in [2.05, 4.69) is 49.5 Å². The molecule has 0 bridgehead atoms. The number of amides is 1. The summed E-state index contributed by atoms with van der Waals surface area (Å²) in [6.07, 6.45) is 6.97. The third-order valence-corrected chi connectivity index (χ3v) is 7.70. The Balaban J connectivity index is 1.05. The molecular formula is C30H39N5O3. The van der Waals surface area contributed by atoms with Gasteiger partial charge in [0, 0.05) is 24.6 Å². The van der Waals surface area contributed by atoms with E-state index >= 15 is 0 Å². The number of rotatable bonds is 9. The minimum absolute atomic E-state index is 0.0454. The highest BCUT2D eigenvalue weighted by Gasteiger charge is 2.26.